The summed E-state index contributed by atoms with van der Waals surface area (Å²) >= 11 is 1.83. The van der Waals surface area contributed by atoms with Gasteiger partial charge >= 0.3 is 0 Å². The summed E-state index contributed by atoms with van der Waals surface area (Å²) in [4.78, 5) is 4.53. The van der Waals surface area contributed by atoms with E-state index in [0.29, 0.717) is 11.8 Å². The van der Waals surface area contributed by atoms with Crippen molar-refractivity contribution in [2.45, 2.75) is 39.5 Å². The quantitative estimate of drug-likeness (QED) is 0.722. The first kappa shape index (κ1) is 10.6. The number of pyridine rings is 1. The standard InChI is InChI=1S/C13H17NS/c1-8(2)10-7-15-11-5-6-14-13(9(3)4)12(10)11/h5-9H,1-4H3. The summed E-state index contributed by atoms with van der Waals surface area (Å²) in [6, 6.07) is 2.12. The number of hydrogen-bond donors (Lipinski definition) is 0. The lowest BCUT2D eigenvalue weighted by atomic mass is 9.97. The monoisotopic (exact) mass is 219 g/mol. The number of fused-ring (bicyclic) bond motifs is 1. The lowest BCUT2D eigenvalue weighted by molar-refractivity contribution is 0.825. The third kappa shape index (κ3) is 1.78. The van der Waals surface area contributed by atoms with Crippen LogP contribution in [0.3, 0.4) is 0 Å². The van der Waals surface area contributed by atoms with E-state index in [1.54, 1.807) is 0 Å². The lowest BCUT2D eigenvalue weighted by Gasteiger charge is -2.09. The number of rotatable bonds is 2. The molecule has 0 bridgehead atoms. The van der Waals surface area contributed by atoms with Gasteiger partial charge in [-0.1, -0.05) is 27.7 Å². The molecule has 0 aliphatic carbocycles. The van der Waals surface area contributed by atoms with E-state index >= 15 is 0 Å². The van der Waals surface area contributed by atoms with Crippen molar-refractivity contribution in [2.75, 3.05) is 0 Å². The number of hydrogen-bond acceptors (Lipinski definition) is 2. The topological polar surface area (TPSA) is 12.9 Å². The minimum absolute atomic E-state index is 0.501. The smallest absolute Gasteiger partial charge is 0.0518 e. The first-order chi connectivity index (χ1) is 7.11. The van der Waals surface area contributed by atoms with Crippen LogP contribution < -0.4 is 0 Å². The molecule has 0 fully saturated rings. The molecule has 0 atom stereocenters. The molecule has 15 heavy (non-hydrogen) atoms. The fourth-order valence-electron chi connectivity index (χ4n) is 1.90. The second-order valence-corrected chi connectivity index (χ2v) is 5.48. The maximum Gasteiger partial charge on any atom is 0.0518 e. The molecule has 2 aromatic heterocycles. The Balaban J connectivity index is 2.75. The van der Waals surface area contributed by atoms with E-state index in [1.807, 2.05) is 17.5 Å². The molecule has 2 heteroatoms. The van der Waals surface area contributed by atoms with Crippen LogP contribution in [0.5, 0.6) is 0 Å². The molecule has 0 spiro atoms. The van der Waals surface area contributed by atoms with Crippen LogP contribution >= 0.6 is 11.3 Å². The third-order valence-electron chi connectivity index (χ3n) is 2.71. The van der Waals surface area contributed by atoms with Gasteiger partial charge in [-0.3, -0.25) is 4.98 Å². The summed E-state index contributed by atoms with van der Waals surface area (Å²) < 4.78 is 1.37. The molecule has 80 valence electrons. The minimum atomic E-state index is 0.501. The van der Waals surface area contributed by atoms with Crippen molar-refractivity contribution in [1.29, 1.82) is 0 Å². The Morgan fingerprint density at radius 1 is 1.13 bits per heavy atom. The van der Waals surface area contributed by atoms with E-state index < -0.39 is 0 Å². The molecule has 0 unspecified atom stereocenters. The zero-order chi connectivity index (χ0) is 11.0. The summed E-state index contributed by atoms with van der Waals surface area (Å²) in [5, 5.41) is 3.68. The Morgan fingerprint density at radius 2 is 1.87 bits per heavy atom. The van der Waals surface area contributed by atoms with Crippen molar-refractivity contribution in [3.05, 3.63) is 28.9 Å². The van der Waals surface area contributed by atoms with Crippen molar-refractivity contribution in [3.63, 3.8) is 0 Å². The fourth-order valence-corrected chi connectivity index (χ4v) is 3.02. The molecule has 1 nitrogen and oxygen atoms in total. The molecular weight excluding hydrogens is 202 g/mol. The Bertz CT molecular complexity index is 468. The van der Waals surface area contributed by atoms with Gasteiger partial charge in [0.25, 0.3) is 0 Å². The van der Waals surface area contributed by atoms with E-state index in [0.717, 1.165) is 0 Å². The van der Waals surface area contributed by atoms with Crippen molar-refractivity contribution in [2.24, 2.45) is 0 Å². The van der Waals surface area contributed by atoms with Gasteiger partial charge in [0.15, 0.2) is 0 Å². The molecule has 0 aromatic carbocycles. The Morgan fingerprint density at radius 3 is 2.47 bits per heavy atom. The van der Waals surface area contributed by atoms with E-state index in [-0.39, 0.29) is 0 Å². The SMILES string of the molecule is CC(C)c1csc2ccnc(C(C)C)c12. The van der Waals surface area contributed by atoms with Gasteiger partial charge in [-0.05, 0) is 28.8 Å². The third-order valence-corrected chi connectivity index (χ3v) is 3.68. The van der Waals surface area contributed by atoms with Gasteiger partial charge in [-0.2, -0.15) is 0 Å². The molecule has 0 aliphatic rings. The molecule has 0 radical (unpaired) electrons. The lowest BCUT2D eigenvalue weighted by Crippen LogP contribution is -1.95. The van der Waals surface area contributed by atoms with Gasteiger partial charge in [0.2, 0.25) is 0 Å². The van der Waals surface area contributed by atoms with Crippen LogP contribution in [0, 0.1) is 0 Å². The maximum atomic E-state index is 4.53. The molecule has 0 amide bonds. The summed E-state index contributed by atoms with van der Waals surface area (Å²) in [6.07, 6.45) is 1.93. The van der Waals surface area contributed by atoms with Crippen LogP contribution in [0.2, 0.25) is 0 Å². The first-order valence-corrected chi connectivity index (χ1v) is 6.35. The first-order valence-electron chi connectivity index (χ1n) is 5.47. The van der Waals surface area contributed by atoms with Crippen LogP contribution in [0.25, 0.3) is 10.1 Å². The van der Waals surface area contributed by atoms with Gasteiger partial charge in [-0.15, -0.1) is 11.3 Å². The highest BCUT2D eigenvalue weighted by Gasteiger charge is 2.14. The second-order valence-electron chi connectivity index (χ2n) is 4.57. The highest BCUT2D eigenvalue weighted by atomic mass is 32.1. The van der Waals surface area contributed by atoms with Gasteiger partial charge in [-0.25, -0.2) is 0 Å². The van der Waals surface area contributed by atoms with Crippen molar-refractivity contribution < 1.29 is 0 Å². The highest BCUT2D eigenvalue weighted by molar-refractivity contribution is 7.17. The predicted molar refractivity (Wildman–Crippen MR) is 67.8 cm³/mol. The van der Waals surface area contributed by atoms with Crippen LogP contribution in [0.1, 0.15) is 50.8 Å². The summed E-state index contributed by atoms with van der Waals surface area (Å²) in [7, 11) is 0. The van der Waals surface area contributed by atoms with Crippen molar-refractivity contribution in [1.82, 2.24) is 4.98 Å². The highest BCUT2D eigenvalue weighted by Crippen LogP contribution is 2.35. The largest absolute Gasteiger partial charge is 0.260 e. The zero-order valence-electron chi connectivity index (χ0n) is 9.74. The van der Waals surface area contributed by atoms with Crippen LogP contribution in [0.4, 0.5) is 0 Å². The molecule has 2 heterocycles. The Hall–Kier alpha value is -0.890. The van der Waals surface area contributed by atoms with E-state index in [9.17, 15) is 0 Å². The van der Waals surface area contributed by atoms with Crippen LogP contribution in [-0.2, 0) is 0 Å². The number of aromatic nitrogens is 1. The number of nitrogens with zero attached hydrogens (tertiary/aromatic N) is 1. The van der Waals surface area contributed by atoms with Crippen LogP contribution in [0.15, 0.2) is 17.6 Å². The summed E-state index contributed by atoms with van der Waals surface area (Å²) in [5.41, 5.74) is 2.70. The summed E-state index contributed by atoms with van der Waals surface area (Å²) in [5.74, 6) is 1.08. The molecule has 0 saturated heterocycles. The molecule has 2 aromatic rings. The molecular formula is C13H17NS. The van der Waals surface area contributed by atoms with Gasteiger partial charge in [0.1, 0.15) is 0 Å². The number of thiophene rings is 1. The van der Waals surface area contributed by atoms with Crippen molar-refractivity contribution in [3.8, 4) is 0 Å². The Labute approximate surface area is 95.2 Å². The second kappa shape index (κ2) is 3.93. The Kier molecular flexibility index (Phi) is 2.79. The summed E-state index contributed by atoms with van der Waals surface area (Å²) in [6.45, 7) is 8.92. The van der Waals surface area contributed by atoms with Gasteiger partial charge < -0.3 is 0 Å². The average Bonchev–Trinajstić information content (AvgIpc) is 2.60. The normalized spacial score (nSPS) is 11.9. The molecule has 0 saturated carbocycles. The van der Waals surface area contributed by atoms with Gasteiger partial charge in [0.05, 0.1) is 5.69 Å². The zero-order valence-corrected chi connectivity index (χ0v) is 10.6. The van der Waals surface area contributed by atoms with E-state index in [4.69, 9.17) is 0 Å². The maximum absolute atomic E-state index is 4.53. The molecule has 2 rings (SSSR count). The molecule has 0 aliphatic heterocycles. The molecule has 0 N–H and O–H groups in total. The minimum Gasteiger partial charge on any atom is -0.260 e. The van der Waals surface area contributed by atoms with Gasteiger partial charge in [0, 0.05) is 16.3 Å². The van der Waals surface area contributed by atoms with E-state index in [2.05, 4.69) is 44.1 Å². The van der Waals surface area contributed by atoms with Crippen LogP contribution in [-0.4, -0.2) is 4.98 Å². The fraction of sp³-hybridized carbons (Fsp3) is 0.462. The van der Waals surface area contributed by atoms with E-state index in [1.165, 1.54) is 21.3 Å². The van der Waals surface area contributed by atoms with Crippen molar-refractivity contribution >= 4 is 21.4 Å². The average molecular weight is 219 g/mol. The predicted octanol–water partition coefficient (Wildman–Crippen LogP) is 4.54.